The highest BCUT2D eigenvalue weighted by Crippen LogP contribution is 2.23. The first-order valence-corrected chi connectivity index (χ1v) is 4.20. The summed E-state index contributed by atoms with van der Waals surface area (Å²) in [7, 11) is 1.38. The van der Waals surface area contributed by atoms with Crippen molar-refractivity contribution in [2.75, 3.05) is 7.11 Å². The molecule has 0 aromatic carbocycles. The van der Waals surface area contributed by atoms with Gasteiger partial charge in [0.25, 0.3) is 0 Å². The topological polar surface area (TPSA) is 108 Å². The standard InChI is InChI=1S/C7H13N3O4/c1-3-5(11)6(12)4(9-10-8)7(13-2)14-3/h3-7,11-12H,1-2H3/t3-,4-,5-,6-,7+/m1/s1. The smallest absolute Gasteiger partial charge is 0.168 e. The van der Waals surface area contributed by atoms with Crippen molar-refractivity contribution in [3.63, 3.8) is 0 Å². The van der Waals surface area contributed by atoms with Crippen molar-refractivity contribution in [1.82, 2.24) is 0 Å². The molecule has 0 aromatic rings. The summed E-state index contributed by atoms with van der Waals surface area (Å²) in [6, 6.07) is -0.920. The zero-order valence-electron chi connectivity index (χ0n) is 7.94. The summed E-state index contributed by atoms with van der Waals surface area (Å²) in [5.41, 5.74) is 8.26. The average molecular weight is 203 g/mol. The van der Waals surface area contributed by atoms with Gasteiger partial charge in [-0.1, -0.05) is 5.11 Å². The summed E-state index contributed by atoms with van der Waals surface area (Å²) in [6.45, 7) is 1.60. The number of rotatable bonds is 2. The fraction of sp³-hybridized carbons (Fsp3) is 1.00. The van der Waals surface area contributed by atoms with E-state index in [0.29, 0.717) is 0 Å². The van der Waals surface area contributed by atoms with Crippen LogP contribution in [0.1, 0.15) is 6.92 Å². The van der Waals surface area contributed by atoms with Gasteiger partial charge in [-0.25, -0.2) is 0 Å². The molecule has 1 heterocycles. The first-order chi connectivity index (χ1) is 6.61. The second-order valence-corrected chi connectivity index (χ2v) is 3.12. The lowest BCUT2D eigenvalue weighted by atomic mass is 9.98. The number of aliphatic hydroxyl groups excluding tert-OH is 2. The molecular formula is C7H13N3O4. The van der Waals surface area contributed by atoms with Crippen LogP contribution < -0.4 is 0 Å². The average Bonchev–Trinajstić information content (AvgIpc) is 2.19. The van der Waals surface area contributed by atoms with E-state index >= 15 is 0 Å². The quantitative estimate of drug-likeness (QED) is 0.367. The molecule has 80 valence electrons. The van der Waals surface area contributed by atoms with Crippen LogP contribution in [0, 0.1) is 0 Å². The zero-order valence-corrected chi connectivity index (χ0v) is 7.94. The van der Waals surface area contributed by atoms with Crippen LogP contribution in [0.15, 0.2) is 5.11 Å². The fourth-order valence-electron chi connectivity index (χ4n) is 1.39. The van der Waals surface area contributed by atoms with E-state index in [4.69, 9.17) is 15.0 Å². The number of nitrogens with zero attached hydrogens (tertiary/aromatic N) is 3. The van der Waals surface area contributed by atoms with Crippen molar-refractivity contribution < 1.29 is 19.7 Å². The second-order valence-electron chi connectivity index (χ2n) is 3.12. The number of hydrogen-bond acceptors (Lipinski definition) is 5. The van der Waals surface area contributed by atoms with Crippen molar-refractivity contribution in [1.29, 1.82) is 0 Å². The van der Waals surface area contributed by atoms with Gasteiger partial charge in [-0.2, -0.15) is 0 Å². The molecule has 14 heavy (non-hydrogen) atoms. The number of methoxy groups -OCH3 is 1. The van der Waals surface area contributed by atoms with Crippen LogP contribution in [0.3, 0.4) is 0 Å². The van der Waals surface area contributed by atoms with E-state index in [9.17, 15) is 10.2 Å². The Morgan fingerprint density at radius 3 is 2.57 bits per heavy atom. The van der Waals surface area contributed by atoms with Gasteiger partial charge in [0.1, 0.15) is 12.1 Å². The van der Waals surface area contributed by atoms with Crippen LogP contribution >= 0.6 is 0 Å². The predicted octanol–water partition coefficient (Wildman–Crippen LogP) is -0.222. The van der Waals surface area contributed by atoms with E-state index in [2.05, 4.69) is 10.0 Å². The van der Waals surface area contributed by atoms with Crippen LogP contribution in [-0.2, 0) is 9.47 Å². The monoisotopic (exact) mass is 203 g/mol. The Labute approximate surface area is 80.9 Å². The van der Waals surface area contributed by atoms with E-state index < -0.39 is 30.6 Å². The maximum absolute atomic E-state index is 9.57. The molecule has 7 nitrogen and oxygen atoms in total. The van der Waals surface area contributed by atoms with Crippen molar-refractivity contribution >= 4 is 0 Å². The number of hydrogen-bond donors (Lipinski definition) is 2. The Morgan fingerprint density at radius 1 is 1.43 bits per heavy atom. The van der Waals surface area contributed by atoms with E-state index in [-0.39, 0.29) is 0 Å². The highest BCUT2D eigenvalue weighted by molar-refractivity contribution is 4.91. The Balaban J connectivity index is 2.82. The summed E-state index contributed by atoms with van der Waals surface area (Å²) in [5, 5.41) is 22.3. The number of aliphatic hydroxyl groups is 2. The molecule has 0 saturated carbocycles. The summed E-state index contributed by atoms with van der Waals surface area (Å²) in [6.07, 6.45) is -3.61. The van der Waals surface area contributed by atoms with Gasteiger partial charge in [-0.15, -0.1) is 0 Å². The number of ether oxygens (including phenoxy) is 2. The van der Waals surface area contributed by atoms with Gasteiger partial charge in [-0.3, -0.25) is 0 Å². The molecule has 0 unspecified atom stereocenters. The first-order valence-electron chi connectivity index (χ1n) is 4.20. The predicted molar refractivity (Wildman–Crippen MR) is 46.3 cm³/mol. The zero-order chi connectivity index (χ0) is 10.7. The lowest BCUT2D eigenvalue weighted by Gasteiger charge is -2.38. The van der Waals surface area contributed by atoms with Crippen LogP contribution in [-0.4, -0.2) is 48.0 Å². The minimum Gasteiger partial charge on any atom is -0.390 e. The Morgan fingerprint density at radius 2 is 2.07 bits per heavy atom. The van der Waals surface area contributed by atoms with E-state index in [0.717, 1.165) is 0 Å². The van der Waals surface area contributed by atoms with E-state index in [1.165, 1.54) is 7.11 Å². The van der Waals surface area contributed by atoms with Gasteiger partial charge in [0.15, 0.2) is 6.29 Å². The van der Waals surface area contributed by atoms with Gasteiger partial charge < -0.3 is 19.7 Å². The molecule has 1 aliphatic heterocycles. The second kappa shape index (κ2) is 4.59. The lowest BCUT2D eigenvalue weighted by molar-refractivity contribution is -0.246. The molecule has 0 aromatic heterocycles. The summed E-state index contributed by atoms with van der Waals surface area (Å²) < 4.78 is 10.1. The first kappa shape index (κ1) is 11.2. The molecular weight excluding hydrogens is 190 g/mol. The van der Waals surface area contributed by atoms with E-state index in [1.54, 1.807) is 6.92 Å². The van der Waals surface area contributed by atoms with Crippen LogP contribution in [0.25, 0.3) is 10.4 Å². The molecule has 1 saturated heterocycles. The molecule has 0 amide bonds. The van der Waals surface area contributed by atoms with Crippen molar-refractivity contribution in [3.8, 4) is 0 Å². The lowest BCUT2D eigenvalue weighted by Crippen LogP contribution is -2.56. The summed E-state index contributed by atoms with van der Waals surface area (Å²) >= 11 is 0. The van der Waals surface area contributed by atoms with Crippen molar-refractivity contribution in [2.24, 2.45) is 5.11 Å². The molecule has 0 radical (unpaired) electrons. The van der Waals surface area contributed by atoms with Crippen LogP contribution in [0.4, 0.5) is 0 Å². The van der Waals surface area contributed by atoms with Gasteiger partial charge in [0.2, 0.25) is 0 Å². The van der Waals surface area contributed by atoms with Gasteiger partial charge in [-0.05, 0) is 12.5 Å². The molecule has 0 bridgehead atoms. The number of azide groups is 1. The third-order valence-corrected chi connectivity index (χ3v) is 2.23. The SMILES string of the molecule is CO[C@H]1O[C@H](C)[C@@H](O)[C@H](O)[C@H]1N=[N+]=[N-]. The molecule has 7 heteroatoms. The Bertz CT molecular complexity index is 241. The molecule has 1 fully saturated rings. The van der Waals surface area contributed by atoms with Gasteiger partial charge in [0.05, 0.1) is 12.2 Å². The van der Waals surface area contributed by atoms with Crippen molar-refractivity contribution in [3.05, 3.63) is 10.4 Å². The Kier molecular flexibility index (Phi) is 3.68. The minimum atomic E-state index is -1.17. The van der Waals surface area contributed by atoms with E-state index in [1.807, 2.05) is 0 Å². The Hall–Kier alpha value is -0.850. The molecule has 2 N–H and O–H groups in total. The fourth-order valence-corrected chi connectivity index (χ4v) is 1.39. The van der Waals surface area contributed by atoms with Crippen molar-refractivity contribution in [2.45, 2.75) is 37.6 Å². The van der Waals surface area contributed by atoms with Crippen LogP contribution in [0.2, 0.25) is 0 Å². The maximum Gasteiger partial charge on any atom is 0.168 e. The minimum absolute atomic E-state index is 0.555. The third-order valence-electron chi connectivity index (χ3n) is 2.23. The largest absolute Gasteiger partial charge is 0.390 e. The molecule has 0 aliphatic carbocycles. The molecule has 0 spiro atoms. The summed E-state index contributed by atoms with van der Waals surface area (Å²) in [5.74, 6) is 0. The van der Waals surface area contributed by atoms with Gasteiger partial charge in [0, 0.05) is 12.0 Å². The highest BCUT2D eigenvalue weighted by atomic mass is 16.7. The molecule has 1 aliphatic rings. The van der Waals surface area contributed by atoms with Crippen LogP contribution in [0.5, 0.6) is 0 Å². The third kappa shape index (κ3) is 1.97. The highest BCUT2D eigenvalue weighted by Gasteiger charge is 2.42. The summed E-state index contributed by atoms with van der Waals surface area (Å²) in [4.78, 5) is 2.56. The maximum atomic E-state index is 9.57. The molecule has 5 atom stereocenters. The molecule has 1 rings (SSSR count). The van der Waals surface area contributed by atoms with Gasteiger partial charge >= 0.3 is 0 Å². The normalized spacial score (nSPS) is 43.0.